The Morgan fingerprint density at radius 2 is 2.12 bits per heavy atom. The van der Waals surface area contributed by atoms with Crippen molar-refractivity contribution < 1.29 is 13.9 Å². The predicted molar refractivity (Wildman–Crippen MR) is 89.7 cm³/mol. The summed E-state index contributed by atoms with van der Waals surface area (Å²) in [6.07, 6.45) is 1.91. The van der Waals surface area contributed by atoms with Crippen molar-refractivity contribution in [1.29, 1.82) is 0 Å². The summed E-state index contributed by atoms with van der Waals surface area (Å²) in [4.78, 5) is 14.1. The van der Waals surface area contributed by atoms with Crippen molar-refractivity contribution in [2.75, 3.05) is 20.2 Å². The molecule has 0 radical (unpaired) electrons. The molecule has 3 rings (SSSR count). The van der Waals surface area contributed by atoms with Gasteiger partial charge in [-0.05, 0) is 25.0 Å². The van der Waals surface area contributed by atoms with Crippen molar-refractivity contribution in [3.8, 4) is 17.2 Å². The molecule has 1 fully saturated rings. The number of piperidine rings is 1. The molecule has 1 saturated heterocycles. The van der Waals surface area contributed by atoms with Crippen molar-refractivity contribution in [3.05, 3.63) is 30.2 Å². The van der Waals surface area contributed by atoms with Crippen LogP contribution in [0.2, 0.25) is 0 Å². The Hall–Kier alpha value is -2.37. The Balaban J connectivity index is 1.79. The van der Waals surface area contributed by atoms with Gasteiger partial charge in [0.05, 0.1) is 18.6 Å². The Kier molecular flexibility index (Phi) is 4.83. The highest BCUT2D eigenvalue weighted by molar-refractivity contribution is 5.78. The van der Waals surface area contributed by atoms with Crippen LogP contribution in [0.1, 0.15) is 38.5 Å². The molecular weight excluding hydrogens is 306 g/mol. The molecule has 2 aromatic rings. The molecular formula is C18H23N3O3. The average molecular weight is 329 g/mol. The second kappa shape index (κ2) is 7.03. The van der Waals surface area contributed by atoms with E-state index in [1.165, 1.54) is 0 Å². The van der Waals surface area contributed by atoms with E-state index in [9.17, 15) is 4.79 Å². The average Bonchev–Trinajstić information content (AvgIpc) is 3.11. The number of benzene rings is 1. The van der Waals surface area contributed by atoms with E-state index in [0.717, 1.165) is 24.9 Å². The van der Waals surface area contributed by atoms with Crippen LogP contribution in [-0.4, -0.2) is 41.2 Å². The molecule has 6 heteroatoms. The zero-order chi connectivity index (χ0) is 17.1. The van der Waals surface area contributed by atoms with E-state index < -0.39 is 0 Å². The van der Waals surface area contributed by atoms with Gasteiger partial charge in [-0.1, -0.05) is 26.0 Å². The molecule has 0 aliphatic carbocycles. The van der Waals surface area contributed by atoms with Gasteiger partial charge in [0.15, 0.2) is 0 Å². The zero-order valence-electron chi connectivity index (χ0n) is 14.4. The molecule has 1 aliphatic heterocycles. The summed E-state index contributed by atoms with van der Waals surface area (Å²) in [6, 6.07) is 7.57. The van der Waals surface area contributed by atoms with Gasteiger partial charge in [0.2, 0.25) is 11.8 Å². The third kappa shape index (κ3) is 3.27. The van der Waals surface area contributed by atoms with Crippen LogP contribution >= 0.6 is 0 Å². The number of methoxy groups -OCH3 is 1. The van der Waals surface area contributed by atoms with Gasteiger partial charge < -0.3 is 14.1 Å². The number of aromatic nitrogens is 2. The quantitative estimate of drug-likeness (QED) is 0.862. The SMILES string of the molecule is COc1ccccc1-c1nnc([C@@H]2CCCN(C(=O)C(C)C)C2)o1. The molecule has 1 aliphatic rings. The number of nitrogens with zero attached hydrogens (tertiary/aromatic N) is 3. The zero-order valence-corrected chi connectivity index (χ0v) is 14.4. The number of para-hydroxylation sites is 1. The first-order valence-electron chi connectivity index (χ1n) is 8.35. The largest absolute Gasteiger partial charge is 0.496 e. The maximum atomic E-state index is 12.2. The van der Waals surface area contributed by atoms with E-state index in [1.54, 1.807) is 7.11 Å². The van der Waals surface area contributed by atoms with Gasteiger partial charge in [-0.25, -0.2) is 0 Å². The Labute approximate surface area is 141 Å². The molecule has 128 valence electrons. The van der Waals surface area contributed by atoms with Gasteiger partial charge in [-0.15, -0.1) is 10.2 Å². The third-order valence-electron chi connectivity index (χ3n) is 4.35. The number of carbonyl (C=O) groups is 1. The minimum atomic E-state index is 0.00979. The fourth-order valence-corrected chi connectivity index (χ4v) is 3.07. The number of carbonyl (C=O) groups excluding carboxylic acids is 1. The Morgan fingerprint density at radius 3 is 2.88 bits per heavy atom. The van der Waals surface area contributed by atoms with Crippen molar-refractivity contribution in [2.24, 2.45) is 5.92 Å². The van der Waals surface area contributed by atoms with Gasteiger partial charge >= 0.3 is 0 Å². The van der Waals surface area contributed by atoms with Crippen LogP contribution in [0.25, 0.3) is 11.5 Å². The highest BCUT2D eigenvalue weighted by Crippen LogP contribution is 2.32. The second-order valence-electron chi connectivity index (χ2n) is 6.42. The van der Waals surface area contributed by atoms with Gasteiger partial charge in [-0.2, -0.15) is 0 Å². The predicted octanol–water partition coefficient (Wildman–Crippen LogP) is 3.11. The number of hydrogen-bond donors (Lipinski definition) is 0. The number of rotatable bonds is 4. The number of likely N-dealkylation sites (tertiary alicyclic amines) is 1. The lowest BCUT2D eigenvalue weighted by atomic mass is 9.97. The Morgan fingerprint density at radius 1 is 1.33 bits per heavy atom. The van der Waals surface area contributed by atoms with Gasteiger partial charge in [-0.3, -0.25) is 4.79 Å². The first kappa shape index (κ1) is 16.5. The van der Waals surface area contributed by atoms with Crippen molar-refractivity contribution in [3.63, 3.8) is 0 Å². The van der Waals surface area contributed by atoms with E-state index in [0.29, 0.717) is 24.1 Å². The topological polar surface area (TPSA) is 68.5 Å². The van der Waals surface area contributed by atoms with Crippen LogP contribution < -0.4 is 4.74 Å². The van der Waals surface area contributed by atoms with E-state index in [-0.39, 0.29) is 17.7 Å². The minimum Gasteiger partial charge on any atom is -0.496 e. The fraction of sp³-hybridized carbons (Fsp3) is 0.500. The van der Waals surface area contributed by atoms with Crippen molar-refractivity contribution in [1.82, 2.24) is 15.1 Å². The van der Waals surface area contributed by atoms with Gasteiger partial charge in [0.1, 0.15) is 5.75 Å². The lowest BCUT2D eigenvalue weighted by Crippen LogP contribution is -2.41. The molecule has 0 saturated carbocycles. The molecule has 0 bridgehead atoms. The maximum Gasteiger partial charge on any atom is 0.251 e. The van der Waals surface area contributed by atoms with E-state index in [4.69, 9.17) is 9.15 Å². The molecule has 0 unspecified atom stereocenters. The van der Waals surface area contributed by atoms with Crippen molar-refractivity contribution in [2.45, 2.75) is 32.6 Å². The normalized spacial score (nSPS) is 18.0. The standard InChI is InChI=1S/C18H23N3O3/c1-12(2)18(22)21-10-6-7-13(11-21)16-19-20-17(24-16)14-8-4-5-9-15(14)23-3/h4-5,8-9,12-13H,6-7,10-11H2,1-3H3/t13-/m1/s1. The van der Waals surface area contributed by atoms with Gasteiger partial charge in [0, 0.05) is 19.0 Å². The van der Waals surface area contributed by atoms with Crippen LogP contribution in [0.5, 0.6) is 5.75 Å². The fourth-order valence-electron chi connectivity index (χ4n) is 3.07. The van der Waals surface area contributed by atoms with Crippen LogP contribution in [0.15, 0.2) is 28.7 Å². The molecule has 1 amide bonds. The lowest BCUT2D eigenvalue weighted by Gasteiger charge is -2.32. The number of hydrogen-bond acceptors (Lipinski definition) is 5. The summed E-state index contributed by atoms with van der Waals surface area (Å²) >= 11 is 0. The van der Waals surface area contributed by atoms with Crippen LogP contribution in [0.4, 0.5) is 0 Å². The monoisotopic (exact) mass is 329 g/mol. The molecule has 0 spiro atoms. The first-order valence-corrected chi connectivity index (χ1v) is 8.35. The molecule has 0 N–H and O–H groups in total. The summed E-state index contributed by atoms with van der Waals surface area (Å²) in [5, 5.41) is 8.40. The summed E-state index contributed by atoms with van der Waals surface area (Å²) in [7, 11) is 1.62. The summed E-state index contributed by atoms with van der Waals surface area (Å²) in [5.74, 6) is 2.04. The Bertz CT molecular complexity index is 711. The molecule has 6 nitrogen and oxygen atoms in total. The number of ether oxygens (including phenoxy) is 1. The van der Waals surface area contributed by atoms with E-state index >= 15 is 0 Å². The molecule has 24 heavy (non-hydrogen) atoms. The highest BCUT2D eigenvalue weighted by Gasteiger charge is 2.29. The molecule has 2 heterocycles. The van der Waals surface area contributed by atoms with Crippen LogP contribution in [-0.2, 0) is 4.79 Å². The first-order chi connectivity index (χ1) is 11.6. The van der Waals surface area contributed by atoms with Crippen LogP contribution in [0.3, 0.4) is 0 Å². The molecule has 1 atom stereocenters. The second-order valence-corrected chi connectivity index (χ2v) is 6.42. The minimum absolute atomic E-state index is 0.00979. The molecule has 1 aromatic heterocycles. The summed E-state index contributed by atoms with van der Waals surface area (Å²) < 4.78 is 11.2. The van der Waals surface area contributed by atoms with Crippen LogP contribution in [0, 0.1) is 5.92 Å². The summed E-state index contributed by atoms with van der Waals surface area (Å²) in [5.41, 5.74) is 0.782. The van der Waals surface area contributed by atoms with Gasteiger partial charge in [0.25, 0.3) is 5.89 Å². The van der Waals surface area contributed by atoms with E-state index in [2.05, 4.69) is 10.2 Å². The highest BCUT2D eigenvalue weighted by atomic mass is 16.5. The smallest absolute Gasteiger partial charge is 0.251 e. The third-order valence-corrected chi connectivity index (χ3v) is 4.35. The maximum absolute atomic E-state index is 12.2. The van der Waals surface area contributed by atoms with E-state index in [1.807, 2.05) is 43.0 Å². The lowest BCUT2D eigenvalue weighted by molar-refractivity contribution is -0.135. The molecule has 1 aromatic carbocycles. The summed E-state index contributed by atoms with van der Waals surface area (Å²) in [6.45, 7) is 5.31. The number of amides is 1. The van der Waals surface area contributed by atoms with Crippen molar-refractivity contribution >= 4 is 5.91 Å².